The minimum absolute atomic E-state index is 0.174. The molecule has 0 radical (unpaired) electrons. The van der Waals surface area contributed by atoms with Gasteiger partial charge in [-0.2, -0.15) is 0 Å². The van der Waals surface area contributed by atoms with Gasteiger partial charge in [0.25, 0.3) is 5.91 Å². The van der Waals surface area contributed by atoms with Gasteiger partial charge in [0.2, 0.25) is 0 Å². The molecule has 33 heavy (non-hydrogen) atoms. The van der Waals surface area contributed by atoms with Crippen LogP contribution >= 0.6 is 35.3 Å². The van der Waals surface area contributed by atoms with Gasteiger partial charge in [0.15, 0.2) is 9.45 Å². The lowest BCUT2D eigenvalue weighted by Crippen LogP contribution is -2.30. The molecule has 5 rings (SSSR count). The van der Waals surface area contributed by atoms with Crippen molar-refractivity contribution in [3.05, 3.63) is 89.6 Å². The quantitative estimate of drug-likeness (QED) is 0.208. The van der Waals surface area contributed by atoms with Gasteiger partial charge in [-0.05, 0) is 60.3 Å². The number of benzene rings is 3. The van der Waals surface area contributed by atoms with Crippen molar-refractivity contribution in [1.29, 1.82) is 0 Å². The van der Waals surface area contributed by atoms with Gasteiger partial charge in [-0.1, -0.05) is 48.2 Å². The molecule has 164 valence electrons. The van der Waals surface area contributed by atoms with E-state index in [9.17, 15) is 4.79 Å². The highest BCUT2D eigenvalue weighted by Crippen LogP contribution is 2.34. The fraction of sp³-hybridized carbons (Fsp3) is 0.0800. The van der Waals surface area contributed by atoms with Crippen LogP contribution in [-0.2, 0) is 10.5 Å². The second kappa shape index (κ2) is 9.35. The molecular formula is C25H19N3O2S3. The minimum atomic E-state index is -0.174. The fourth-order valence-corrected chi connectivity index (χ4v) is 5.91. The van der Waals surface area contributed by atoms with Crippen LogP contribution in [0, 0.1) is 0 Å². The first-order valence-corrected chi connectivity index (χ1v) is 12.4. The van der Waals surface area contributed by atoms with Crippen LogP contribution in [-0.4, -0.2) is 23.1 Å². The first-order valence-electron chi connectivity index (χ1n) is 10.2. The molecule has 0 unspecified atom stereocenters. The van der Waals surface area contributed by atoms with Crippen LogP contribution in [0.2, 0.25) is 0 Å². The highest BCUT2D eigenvalue weighted by molar-refractivity contribution is 8.00. The molecule has 0 spiro atoms. The SMILES string of the molecule is COc1ccc(/C=C2/NC(=S)N(c3ccccc3)C2=O)cc1CSc1nc2ccccc2s1. The van der Waals surface area contributed by atoms with Gasteiger partial charge in [0.05, 0.1) is 23.0 Å². The summed E-state index contributed by atoms with van der Waals surface area (Å²) in [6.45, 7) is 0. The number of thiocarbonyl (C=S) groups is 1. The number of thiazole rings is 1. The third-order valence-corrected chi connectivity index (χ3v) is 7.65. The van der Waals surface area contributed by atoms with Crippen LogP contribution in [0.3, 0.4) is 0 Å². The predicted octanol–water partition coefficient (Wildman–Crippen LogP) is 5.86. The molecule has 8 heteroatoms. The van der Waals surface area contributed by atoms with Crippen molar-refractivity contribution in [2.24, 2.45) is 0 Å². The zero-order valence-electron chi connectivity index (χ0n) is 17.6. The van der Waals surface area contributed by atoms with Gasteiger partial charge < -0.3 is 10.1 Å². The van der Waals surface area contributed by atoms with E-state index in [1.54, 1.807) is 30.2 Å². The Morgan fingerprint density at radius 2 is 1.91 bits per heavy atom. The highest BCUT2D eigenvalue weighted by atomic mass is 32.2. The van der Waals surface area contributed by atoms with Crippen LogP contribution in [0.4, 0.5) is 5.69 Å². The molecule has 1 aliphatic rings. The Morgan fingerprint density at radius 1 is 1.12 bits per heavy atom. The smallest absolute Gasteiger partial charge is 0.281 e. The maximum absolute atomic E-state index is 13.0. The Bertz CT molecular complexity index is 1350. The number of carbonyl (C=O) groups excluding carboxylic acids is 1. The van der Waals surface area contributed by atoms with Crippen LogP contribution < -0.4 is 15.0 Å². The average molecular weight is 490 g/mol. The molecule has 1 N–H and O–H groups in total. The zero-order valence-corrected chi connectivity index (χ0v) is 20.1. The molecule has 5 nitrogen and oxygen atoms in total. The highest BCUT2D eigenvalue weighted by Gasteiger charge is 2.31. The van der Waals surface area contributed by atoms with E-state index in [-0.39, 0.29) is 5.91 Å². The Kier molecular flexibility index (Phi) is 6.13. The number of rotatable bonds is 6. The normalized spacial score (nSPS) is 14.8. The van der Waals surface area contributed by atoms with E-state index >= 15 is 0 Å². The number of para-hydroxylation sites is 2. The maximum Gasteiger partial charge on any atom is 0.281 e. The lowest BCUT2D eigenvalue weighted by molar-refractivity contribution is -0.113. The third kappa shape index (κ3) is 4.50. The van der Waals surface area contributed by atoms with Crippen molar-refractivity contribution in [1.82, 2.24) is 10.3 Å². The largest absolute Gasteiger partial charge is 0.496 e. The zero-order chi connectivity index (χ0) is 22.8. The molecule has 1 saturated heterocycles. The van der Waals surface area contributed by atoms with Gasteiger partial charge in [-0.15, -0.1) is 11.3 Å². The number of thioether (sulfide) groups is 1. The maximum atomic E-state index is 13.0. The summed E-state index contributed by atoms with van der Waals surface area (Å²) in [5, 5.41) is 3.42. The Morgan fingerprint density at radius 3 is 2.70 bits per heavy atom. The van der Waals surface area contributed by atoms with E-state index in [4.69, 9.17) is 21.9 Å². The number of anilines is 1. The number of nitrogens with one attached hydrogen (secondary N) is 1. The van der Waals surface area contributed by atoms with Crippen molar-refractivity contribution in [3.63, 3.8) is 0 Å². The number of ether oxygens (including phenoxy) is 1. The molecule has 0 saturated carbocycles. The summed E-state index contributed by atoms with van der Waals surface area (Å²) in [6.07, 6.45) is 1.82. The van der Waals surface area contributed by atoms with Crippen molar-refractivity contribution < 1.29 is 9.53 Å². The van der Waals surface area contributed by atoms with E-state index in [1.807, 2.05) is 72.8 Å². The molecular weight excluding hydrogens is 470 g/mol. The summed E-state index contributed by atoms with van der Waals surface area (Å²) >= 11 is 8.76. The van der Waals surface area contributed by atoms with Crippen LogP contribution in [0.15, 0.2) is 82.8 Å². The van der Waals surface area contributed by atoms with E-state index < -0.39 is 0 Å². The molecule has 1 aromatic heterocycles. The number of aromatic nitrogens is 1. The molecule has 1 aliphatic heterocycles. The second-order valence-electron chi connectivity index (χ2n) is 7.27. The monoisotopic (exact) mass is 489 g/mol. The van der Waals surface area contributed by atoms with Crippen LogP contribution in [0.25, 0.3) is 16.3 Å². The number of hydrogen-bond donors (Lipinski definition) is 1. The van der Waals surface area contributed by atoms with Gasteiger partial charge in [0, 0.05) is 11.3 Å². The fourth-order valence-electron chi connectivity index (χ4n) is 3.57. The first kappa shape index (κ1) is 21.6. The standard InChI is InChI=1S/C25H19N3O2S3/c1-30-21-12-11-16(13-17(21)15-32-25-27-19-9-5-6-10-22(19)33-25)14-20-23(29)28(24(31)26-20)18-7-3-2-4-8-18/h2-14H,15H2,1H3,(H,26,31)/b20-14+. The third-order valence-electron chi connectivity index (χ3n) is 5.13. The second-order valence-corrected chi connectivity index (χ2v) is 9.91. The van der Waals surface area contributed by atoms with Gasteiger partial charge in [-0.25, -0.2) is 4.98 Å². The molecule has 1 amide bonds. The van der Waals surface area contributed by atoms with E-state index in [1.165, 1.54) is 9.60 Å². The number of fused-ring (bicyclic) bond motifs is 1. The lowest BCUT2D eigenvalue weighted by atomic mass is 10.1. The lowest BCUT2D eigenvalue weighted by Gasteiger charge is -2.13. The molecule has 2 heterocycles. The summed E-state index contributed by atoms with van der Waals surface area (Å²) in [7, 11) is 1.66. The number of carbonyl (C=O) groups is 1. The summed E-state index contributed by atoms with van der Waals surface area (Å²) < 4.78 is 7.76. The number of nitrogens with zero attached hydrogens (tertiary/aromatic N) is 2. The topological polar surface area (TPSA) is 54.5 Å². The molecule has 0 bridgehead atoms. The predicted molar refractivity (Wildman–Crippen MR) is 140 cm³/mol. The van der Waals surface area contributed by atoms with E-state index in [0.29, 0.717) is 16.6 Å². The molecule has 4 aromatic rings. The average Bonchev–Trinajstić information content (AvgIpc) is 3.38. The molecule has 0 aliphatic carbocycles. The summed E-state index contributed by atoms with van der Waals surface area (Å²) in [5.41, 5.74) is 4.12. The molecule has 1 fully saturated rings. The van der Waals surface area contributed by atoms with Gasteiger partial charge in [-0.3, -0.25) is 9.69 Å². The Balaban J connectivity index is 1.38. The molecule has 0 atom stereocenters. The number of amides is 1. The van der Waals surface area contributed by atoms with E-state index in [2.05, 4.69) is 11.4 Å². The summed E-state index contributed by atoms with van der Waals surface area (Å²) in [5.74, 6) is 1.33. The number of methoxy groups -OCH3 is 1. The minimum Gasteiger partial charge on any atom is -0.496 e. The van der Waals surface area contributed by atoms with E-state index in [0.717, 1.165) is 32.4 Å². The Hall–Kier alpha value is -3.20. The van der Waals surface area contributed by atoms with Crippen molar-refractivity contribution >= 4 is 68.3 Å². The van der Waals surface area contributed by atoms with Crippen molar-refractivity contribution in [3.8, 4) is 5.75 Å². The van der Waals surface area contributed by atoms with Gasteiger partial charge >= 0.3 is 0 Å². The number of hydrogen-bond acceptors (Lipinski definition) is 6. The van der Waals surface area contributed by atoms with Crippen molar-refractivity contribution in [2.45, 2.75) is 10.1 Å². The first-order chi connectivity index (χ1) is 16.1. The Labute approximate surface area is 205 Å². The summed E-state index contributed by atoms with van der Waals surface area (Å²) in [6, 6.07) is 23.4. The van der Waals surface area contributed by atoms with Gasteiger partial charge in [0.1, 0.15) is 11.4 Å². The van der Waals surface area contributed by atoms with Crippen LogP contribution in [0.5, 0.6) is 5.75 Å². The van der Waals surface area contributed by atoms with Crippen molar-refractivity contribution in [2.75, 3.05) is 12.0 Å². The van der Waals surface area contributed by atoms with Crippen LogP contribution in [0.1, 0.15) is 11.1 Å². The molecule has 3 aromatic carbocycles. The summed E-state index contributed by atoms with van der Waals surface area (Å²) in [4.78, 5) is 19.2.